The Bertz CT molecular complexity index is 398. The van der Waals surface area contributed by atoms with Crippen LogP contribution in [0.15, 0.2) is 11.7 Å². The Kier molecular flexibility index (Phi) is 3.90. The molecule has 2 rings (SSSR count). The number of likely N-dealkylation sites (tertiary alicyclic amines) is 1. The number of hydrogen-bond donors (Lipinski definition) is 0. The second-order valence-electron chi connectivity index (χ2n) is 5.67. The third-order valence-electron chi connectivity index (χ3n) is 2.93. The van der Waals surface area contributed by atoms with E-state index in [-0.39, 0.29) is 6.09 Å². The third-order valence-corrected chi connectivity index (χ3v) is 3.86. The molecular weight excluding hydrogens is 248 g/mol. The standard InChI is InChI=1S/C13H20N2O2S/c1-13(2,3)17-12(16)15-6-4-5-10(8-15)11-7-14-9-18-11/h7,9-10H,4-6,8H2,1-3H3. The van der Waals surface area contributed by atoms with Crippen LogP contribution in [-0.4, -0.2) is 34.7 Å². The minimum atomic E-state index is -0.422. The van der Waals surface area contributed by atoms with Crippen molar-refractivity contribution < 1.29 is 9.53 Å². The molecule has 5 heteroatoms. The summed E-state index contributed by atoms with van der Waals surface area (Å²) in [6.07, 6.45) is 3.87. The van der Waals surface area contributed by atoms with Crippen LogP contribution >= 0.6 is 11.3 Å². The summed E-state index contributed by atoms with van der Waals surface area (Å²) < 4.78 is 5.42. The highest BCUT2D eigenvalue weighted by atomic mass is 32.1. The molecule has 1 unspecified atom stereocenters. The third kappa shape index (κ3) is 3.45. The fourth-order valence-electron chi connectivity index (χ4n) is 2.13. The number of hydrogen-bond acceptors (Lipinski definition) is 4. The zero-order valence-electron chi connectivity index (χ0n) is 11.2. The zero-order chi connectivity index (χ0) is 13.2. The average Bonchev–Trinajstić information content (AvgIpc) is 2.80. The van der Waals surface area contributed by atoms with Crippen molar-refractivity contribution >= 4 is 17.4 Å². The average molecular weight is 268 g/mol. The second-order valence-corrected chi connectivity index (χ2v) is 6.59. The van der Waals surface area contributed by atoms with Crippen LogP contribution < -0.4 is 0 Å². The van der Waals surface area contributed by atoms with Crippen LogP contribution in [0, 0.1) is 0 Å². The first-order valence-electron chi connectivity index (χ1n) is 6.32. The number of carbonyl (C=O) groups excluding carboxylic acids is 1. The van der Waals surface area contributed by atoms with Gasteiger partial charge in [0.05, 0.1) is 5.51 Å². The van der Waals surface area contributed by atoms with Crippen molar-refractivity contribution in [3.8, 4) is 0 Å². The smallest absolute Gasteiger partial charge is 0.410 e. The number of amides is 1. The molecule has 1 aliphatic heterocycles. The van der Waals surface area contributed by atoms with Crippen molar-refractivity contribution in [3.63, 3.8) is 0 Å². The molecular formula is C13H20N2O2S. The molecule has 1 aromatic rings. The maximum absolute atomic E-state index is 12.0. The second kappa shape index (κ2) is 5.26. The monoisotopic (exact) mass is 268 g/mol. The van der Waals surface area contributed by atoms with E-state index in [0.29, 0.717) is 5.92 Å². The Morgan fingerprint density at radius 1 is 1.56 bits per heavy atom. The van der Waals surface area contributed by atoms with Crippen LogP contribution in [0.4, 0.5) is 4.79 Å². The van der Waals surface area contributed by atoms with Gasteiger partial charge >= 0.3 is 6.09 Å². The van der Waals surface area contributed by atoms with Gasteiger partial charge in [-0.15, -0.1) is 11.3 Å². The number of thiazole rings is 1. The van der Waals surface area contributed by atoms with Gasteiger partial charge in [-0.05, 0) is 33.6 Å². The van der Waals surface area contributed by atoms with E-state index < -0.39 is 5.60 Å². The summed E-state index contributed by atoms with van der Waals surface area (Å²) in [5.74, 6) is 0.416. The van der Waals surface area contributed by atoms with Crippen molar-refractivity contribution in [2.75, 3.05) is 13.1 Å². The fourth-order valence-corrected chi connectivity index (χ4v) is 2.88. The minimum Gasteiger partial charge on any atom is -0.444 e. The lowest BCUT2D eigenvalue weighted by Gasteiger charge is -2.33. The maximum atomic E-state index is 12.0. The lowest BCUT2D eigenvalue weighted by molar-refractivity contribution is 0.0199. The lowest BCUT2D eigenvalue weighted by Crippen LogP contribution is -2.42. The molecule has 2 heterocycles. The summed E-state index contributed by atoms with van der Waals surface area (Å²) in [6, 6.07) is 0. The van der Waals surface area contributed by atoms with Gasteiger partial charge in [0.1, 0.15) is 5.60 Å². The molecule has 0 aromatic carbocycles. The van der Waals surface area contributed by atoms with Crippen molar-refractivity contribution in [3.05, 3.63) is 16.6 Å². The maximum Gasteiger partial charge on any atom is 0.410 e. The minimum absolute atomic E-state index is 0.197. The molecule has 1 aliphatic rings. The Hall–Kier alpha value is -1.10. The summed E-state index contributed by atoms with van der Waals surface area (Å²) in [6.45, 7) is 7.24. The molecule has 1 amide bonds. The van der Waals surface area contributed by atoms with E-state index in [1.807, 2.05) is 37.4 Å². The highest BCUT2D eigenvalue weighted by Crippen LogP contribution is 2.29. The number of rotatable bonds is 1. The predicted molar refractivity (Wildman–Crippen MR) is 71.9 cm³/mol. The molecule has 0 aliphatic carbocycles. The van der Waals surface area contributed by atoms with E-state index in [4.69, 9.17) is 4.74 Å². The molecule has 18 heavy (non-hydrogen) atoms. The molecule has 0 bridgehead atoms. The van der Waals surface area contributed by atoms with E-state index in [2.05, 4.69) is 4.98 Å². The van der Waals surface area contributed by atoms with E-state index >= 15 is 0 Å². The van der Waals surface area contributed by atoms with Crippen molar-refractivity contribution in [2.45, 2.75) is 45.1 Å². The summed E-state index contributed by atoms with van der Waals surface area (Å²) in [4.78, 5) is 19.2. The molecule has 0 radical (unpaired) electrons. The molecule has 0 N–H and O–H groups in total. The van der Waals surface area contributed by atoms with Crippen LogP contribution in [0.25, 0.3) is 0 Å². The number of aromatic nitrogens is 1. The van der Waals surface area contributed by atoms with Gasteiger partial charge in [0.25, 0.3) is 0 Å². The molecule has 1 aromatic heterocycles. The highest BCUT2D eigenvalue weighted by molar-refractivity contribution is 7.09. The van der Waals surface area contributed by atoms with Gasteiger partial charge in [-0.25, -0.2) is 4.79 Å². The Morgan fingerprint density at radius 2 is 2.33 bits per heavy atom. The van der Waals surface area contributed by atoms with Crippen LogP contribution in [-0.2, 0) is 4.74 Å². The fraction of sp³-hybridized carbons (Fsp3) is 0.692. The van der Waals surface area contributed by atoms with Crippen molar-refractivity contribution in [1.82, 2.24) is 9.88 Å². The van der Waals surface area contributed by atoms with Crippen LogP contribution in [0.3, 0.4) is 0 Å². The largest absolute Gasteiger partial charge is 0.444 e. The Morgan fingerprint density at radius 3 is 2.94 bits per heavy atom. The van der Waals surface area contributed by atoms with Gasteiger partial charge in [-0.2, -0.15) is 0 Å². The first-order valence-corrected chi connectivity index (χ1v) is 7.20. The normalized spacial score (nSPS) is 20.8. The van der Waals surface area contributed by atoms with E-state index in [1.54, 1.807) is 11.3 Å². The van der Waals surface area contributed by atoms with Gasteiger partial charge in [0.15, 0.2) is 0 Å². The van der Waals surface area contributed by atoms with E-state index in [9.17, 15) is 4.79 Å². The van der Waals surface area contributed by atoms with Crippen LogP contribution in [0.5, 0.6) is 0 Å². The van der Waals surface area contributed by atoms with Crippen molar-refractivity contribution in [2.24, 2.45) is 0 Å². The van der Waals surface area contributed by atoms with Gasteiger partial charge in [0, 0.05) is 30.1 Å². The van der Waals surface area contributed by atoms with E-state index in [0.717, 1.165) is 25.9 Å². The first-order chi connectivity index (χ1) is 8.46. The molecule has 0 saturated carbocycles. The van der Waals surface area contributed by atoms with Crippen LogP contribution in [0.1, 0.15) is 44.4 Å². The SMILES string of the molecule is CC(C)(C)OC(=O)N1CCCC(c2cncs2)C1. The molecule has 0 spiro atoms. The number of piperidine rings is 1. The Labute approximate surface area is 112 Å². The summed E-state index contributed by atoms with van der Waals surface area (Å²) >= 11 is 1.67. The van der Waals surface area contributed by atoms with Crippen molar-refractivity contribution in [1.29, 1.82) is 0 Å². The van der Waals surface area contributed by atoms with E-state index in [1.165, 1.54) is 4.88 Å². The lowest BCUT2D eigenvalue weighted by atomic mass is 9.97. The predicted octanol–water partition coefficient (Wildman–Crippen LogP) is 3.26. The topological polar surface area (TPSA) is 42.4 Å². The van der Waals surface area contributed by atoms with Gasteiger partial charge in [-0.1, -0.05) is 0 Å². The summed E-state index contributed by atoms with van der Waals surface area (Å²) in [7, 11) is 0. The molecule has 1 saturated heterocycles. The van der Waals surface area contributed by atoms with Crippen LogP contribution in [0.2, 0.25) is 0 Å². The summed E-state index contributed by atoms with van der Waals surface area (Å²) in [5, 5.41) is 0. The first kappa shape index (κ1) is 13.3. The Balaban J connectivity index is 1.96. The number of nitrogens with zero attached hydrogens (tertiary/aromatic N) is 2. The number of carbonyl (C=O) groups is 1. The summed E-state index contributed by atoms with van der Waals surface area (Å²) in [5.41, 5.74) is 1.43. The molecule has 4 nitrogen and oxygen atoms in total. The molecule has 100 valence electrons. The zero-order valence-corrected chi connectivity index (χ0v) is 12.0. The number of ether oxygens (including phenoxy) is 1. The van der Waals surface area contributed by atoms with Gasteiger partial charge in [-0.3, -0.25) is 4.98 Å². The molecule has 1 atom stereocenters. The molecule has 1 fully saturated rings. The van der Waals surface area contributed by atoms with Gasteiger partial charge in [0.2, 0.25) is 0 Å². The quantitative estimate of drug-likeness (QED) is 0.785. The van der Waals surface area contributed by atoms with Gasteiger partial charge < -0.3 is 9.64 Å². The highest BCUT2D eigenvalue weighted by Gasteiger charge is 2.28.